The third-order valence-corrected chi connectivity index (χ3v) is 5.39. The van der Waals surface area contributed by atoms with Crippen molar-refractivity contribution >= 4 is 35.6 Å². The molecule has 164 valence electrons. The predicted molar refractivity (Wildman–Crippen MR) is 136 cm³/mol. The molecule has 0 radical (unpaired) electrons. The number of anilines is 1. The van der Waals surface area contributed by atoms with Gasteiger partial charge in [0.1, 0.15) is 0 Å². The molecule has 2 atom stereocenters. The summed E-state index contributed by atoms with van der Waals surface area (Å²) >= 11 is 0. The van der Waals surface area contributed by atoms with Crippen LogP contribution in [0.4, 0.5) is 5.69 Å². The molecule has 1 aliphatic rings. The number of methoxy groups -OCH3 is 1. The van der Waals surface area contributed by atoms with E-state index in [4.69, 9.17) is 10.5 Å². The molecule has 2 aromatic rings. The number of rotatable bonds is 7. The van der Waals surface area contributed by atoms with Crippen LogP contribution >= 0.6 is 24.0 Å². The molecule has 2 unspecified atom stereocenters. The Balaban J connectivity index is 0.00000320. The van der Waals surface area contributed by atoms with Crippen LogP contribution in [0.1, 0.15) is 37.0 Å². The number of benzene rings is 2. The highest BCUT2D eigenvalue weighted by molar-refractivity contribution is 14.0. The van der Waals surface area contributed by atoms with Gasteiger partial charge in [0.15, 0.2) is 5.96 Å². The summed E-state index contributed by atoms with van der Waals surface area (Å²) in [5.41, 5.74) is 10.6. The lowest BCUT2D eigenvalue weighted by Gasteiger charge is -2.35. The van der Waals surface area contributed by atoms with Gasteiger partial charge in [-0.2, -0.15) is 0 Å². The first-order valence-corrected chi connectivity index (χ1v) is 10.5. The van der Waals surface area contributed by atoms with Crippen LogP contribution in [-0.2, 0) is 24.4 Å². The van der Waals surface area contributed by atoms with Crippen LogP contribution in [0, 0.1) is 11.8 Å². The zero-order chi connectivity index (χ0) is 20.6. The number of para-hydroxylation sites is 1. The number of aliphatic imine (C=N–C) groups is 1. The van der Waals surface area contributed by atoms with Gasteiger partial charge in [-0.3, -0.25) is 4.90 Å². The van der Waals surface area contributed by atoms with Crippen molar-refractivity contribution in [3.8, 4) is 0 Å². The minimum atomic E-state index is 0. The quantitative estimate of drug-likeness (QED) is 0.310. The second-order valence-electron chi connectivity index (χ2n) is 8.37. The number of nitrogens with two attached hydrogens (primary N) is 1. The molecule has 1 saturated heterocycles. The zero-order valence-corrected chi connectivity index (χ0v) is 20.6. The summed E-state index contributed by atoms with van der Waals surface area (Å²) in [7, 11) is 1.68. The molecule has 0 amide bonds. The van der Waals surface area contributed by atoms with E-state index in [2.05, 4.69) is 53.3 Å². The molecule has 2 aromatic carbocycles. The summed E-state index contributed by atoms with van der Waals surface area (Å²) < 4.78 is 5.23. The molecule has 1 heterocycles. The van der Waals surface area contributed by atoms with Crippen LogP contribution in [0.3, 0.4) is 0 Å². The highest BCUT2D eigenvalue weighted by Gasteiger charge is 2.21. The van der Waals surface area contributed by atoms with Gasteiger partial charge in [0, 0.05) is 38.0 Å². The molecule has 30 heavy (non-hydrogen) atoms. The van der Waals surface area contributed by atoms with E-state index in [1.165, 1.54) is 25.1 Å². The summed E-state index contributed by atoms with van der Waals surface area (Å²) in [5, 5.41) is 3.18. The van der Waals surface area contributed by atoms with Crippen molar-refractivity contribution in [1.29, 1.82) is 0 Å². The van der Waals surface area contributed by atoms with Gasteiger partial charge in [0.25, 0.3) is 0 Å². The van der Waals surface area contributed by atoms with Crippen molar-refractivity contribution in [1.82, 2.24) is 4.90 Å². The first kappa shape index (κ1) is 24.6. The Bertz CT molecular complexity index is 799. The smallest absolute Gasteiger partial charge is 0.193 e. The van der Waals surface area contributed by atoms with Crippen LogP contribution in [0.2, 0.25) is 0 Å². The summed E-state index contributed by atoms with van der Waals surface area (Å²) in [4.78, 5) is 7.06. The Hall–Kier alpha value is -1.64. The second-order valence-corrected chi connectivity index (χ2v) is 8.37. The van der Waals surface area contributed by atoms with Gasteiger partial charge < -0.3 is 15.8 Å². The van der Waals surface area contributed by atoms with E-state index in [0.29, 0.717) is 19.1 Å². The summed E-state index contributed by atoms with van der Waals surface area (Å²) in [6, 6.07) is 16.7. The number of nitrogens with one attached hydrogen (secondary N) is 1. The lowest BCUT2D eigenvalue weighted by molar-refractivity contribution is 0.134. The molecular weight excluding hydrogens is 487 g/mol. The molecule has 3 rings (SSSR count). The van der Waals surface area contributed by atoms with E-state index >= 15 is 0 Å². The van der Waals surface area contributed by atoms with Gasteiger partial charge in [0.2, 0.25) is 0 Å². The number of ether oxygens (including phenoxy) is 1. The molecule has 6 heteroatoms. The van der Waals surface area contributed by atoms with E-state index in [-0.39, 0.29) is 24.0 Å². The molecule has 0 spiro atoms. The lowest BCUT2D eigenvalue weighted by Crippen LogP contribution is -2.38. The Kier molecular flexibility index (Phi) is 10.1. The molecule has 0 saturated carbocycles. The number of hydrogen-bond acceptors (Lipinski definition) is 3. The van der Waals surface area contributed by atoms with Gasteiger partial charge >= 0.3 is 0 Å². The number of guanidine groups is 1. The van der Waals surface area contributed by atoms with Crippen LogP contribution < -0.4 is 11.1 Å². The predicted octanol–water partition coefficient (Wildman–Crippen LogP) is 4.86. The fourth-order valence-electron chi connectivity index (χ4n) is 4.21. The van der Waals surface area contributed by atoms with Gasteiger partial charge in [-0.15, -0.1) is 24.0 Å². The van der Waals surface area contributed by atoms with Crippen LogP contribution in [-0.4, -0.2) is 31.1 Å². The van der Waals surface area contributed by atoms with Crippen molar-refractivity contribution < 1.29 is 4.74 Å². The molecular formula is C24H35IN4O. The van der Waals surface area contributed by atoms with Crippen molar-refractivity contribution in [3.63, 3.8) is 0 Å². The second kappa shape index (κ2) is 12.3. The Morgan fingerprint density at radius 1 is 1.07 bits per heavy atom. The fourth-order valence-corrected chi connectivity index (χ4v) is 4.21. The maximum absolute atomic E-state index is 6.09. The van der Waals surface area contributed by atoms with E-state index in [1.54, 1.807) is 7.11 Å². The molecule has 0 aromatic heterocycles. The molecule has 1 fully saturated rings. The molecule has 3 N–H and O–H groups in total. The highest BCUT2D eigenvalue weighted by Crippen LogP contribution is 2.22. The lowest BCUT2D eigenvalue weighted by atomic mass is 9.91. The Morgan fingerprint density at radius 3 is 2.37 bits per heavy atom. The SMILES string of the molecule is COCc1ccccc1NC(N)=NCc1ccc(CN2CC(C)CC(C)C2)cc1.I. The third-order valence-electron chi connectivity index (χ3n) is 5.39. The number of halogens is 1. The number of likely N-dealkylation sites (tertiary alicyclic amines) is 1. The van der Waals surface area contributed by atoms with E-state index < -0.39 is 0 Å². The number of hydrogen-bond donors (Lipinski definition) is 2. The first-order valence-electron chi connectivity index (χ1n) is 10.5. The van der Waals surface area contributed by atoms with Crippen LogP contribution in [0.25, 0.3) is 0 Å². The van der Waals surface area contributed by atoms with Crippen LogP contribution in [0.5, 0.6) is 0 Å². The maximum Gasteiger partial charge on any atom is 0.193 e. The fraction of sp³-hybridized carbons (Fsp3) is 0.458. The molecule has 1 aliphatic heterocycles. The highest BCUT2D eigenvalue weighted by atomic mass is 127. The molecule has 0 bridgehead atoms. The summed E-state index contributed by atoms with van der Waals surface area (Å²) in [6.07, 6.45) is 1.35. The minimum absolute atomic E-state index is 0. The first-order chi connectivity index (χ1) is 14.0. The zero-order valence-electron chi connectivity index (χ0n) is 18.3. The standard InChI is InChI=1S/C24H34N4O.HI/c1-18-12-19(2)15-28(14-18)16-21-10-8-20(9-11-21)13-26-24(25)27-23-7-5-4-6-22(23)17-29-3;/h4-11,18-19H,12-17H2,1-3H3,(H3,25,26,27);1H. The topological polar surface area (TPSA) is 62.9 Å². The van der Waals surface area contributed by atoms with Crippen molar-refractivity contribution in [2.24, 2.45) is 22.6 Å². The molecule has 0 aliphatic carbocycles. The minimum Gasteiger partial charge on any atom is -0.380 e. The number of piperidine rings is 1. The van der Waals surface area contributed by atoms with Crippen LogP contribution in [0.15, 0.2) is 53.5 Å². The largest absolute Gasteiger partial charge is 0.380 e. The van der Waals surface area contributed by atoms with Gasteiger partial charge in [-0.05, 0) is 35.4 Å². The Labute approximate surface area is 198 Å². The summed E-state index contributed by atoms with van der Waals surface area (Å²) in [6.45, 7) is 9.23. The van der Waals surface area contributed by atoms with Crippen molar-refractivity contribution in [3.05, 3.63) is 65.2 Å². The Morgan fingerprint density at radius 2 is 1.70 bits per heavy atom. The maximum atomic E-state index is 6.09. The van der Waals surface area contributed by atoms with Gasteiger partial charge in [-0.25, -0.2) is 4.99 Å². The average Bonchev–Trinajstić information content (AvgIpc) is 2.68. The van der Waals surface area contributed by atoms with Crippen molar-refractivity contribution in [2.45, 2.75) is 40.0 Å². The molecule has 5 nitrogen and oxygen atoms in total. The monoisotopic (exact) mass is 522 g/mol. The number of nitrogens with zero attached hydrogens (tertiary/aromatic N) is 2. The van der Waals surface area contributed by atoms with E-state index in [0.717, 1.165) is 35.2 Å². The van der Waals surface area contributed by atoms with E-state index in [9.17, 15) is 0 Å². The van der Waals surface area contributed by atoms with Crippen molar-refractivity contribution in [2.75, 3.05) is 25.5 Å². The average molecular weight is 522 g/mol. The third kappa shape index (κ3) is 7.56. The van der Waals surface area contributed by atoms with E-state index in [1.807, 2.05) is 24.3 Å². The van der Waals surface area contributed by atoms with Gasteiger partial charge in [0.05, 0.1) is 13.2 Å². The van der Waals surface area contributed by atoms with Gasteiger partial charge in [-0.1, -0.05) is 56.3 Å². The summed E-state index contributed by atoms with van der Waals surface area (Å²) in [5.74, 6) is 1.99. The normalized spacial score (nSPS) is 19.9.